The monoisotopic (exact) mass is 416 g/mol. The van der Waals surface area contributed by atoms with Crippen LogP contribution in [-0.4, -0.2) is 22.1 Å². The largest absolute Gasteiger partial charge is 0.508 e. The highest BCUT2D eigenvalue weighted by atomic mass is 19.4. The maximum atomic E-state index is 13.5. The van der Waals surface area contributed by atoms with Crippen molar-refractivity contribution in [2.45, 2.75) is 33.9 Å². The van der Waals surface area contributed by atoms with Crippen molar-refractivity contribution in [1.82, 2.24) is 4.57 Å². The number of anilines is 1. The number of aromatic hydroxyl groups is 1. The number of para-hydroxylation sites is 1. The number of halogens is 3. The van der Waals surface area contributed by atoms with Crippen molar-refractivity contribution in [2.24, 2.45) is 0 Å². The Bertz CT molecular complexity index is 1100. The second-order valence-electron chi connectivity index (χ2n) is 7.16. The zero-order valence-corrected chi connectivity index (χ0v) is 17.2. The highest BCUT2D eigenvalue weighted by molar-refractivity contribution is 6.07. The lowest BCUT2D eigenvalue weighted by Crippen LogP contribution is -2.31. The summed E-state index contributed by atoms with van der Waals surface area (Å²) in [6, 6.07) is 11.7. The Hall–Kier alpha value is -3.22. The third kappa shape index (κ3) is 3.79. The Balaban J connectivity index is 2.12. The van der Waals surface area contributed by atoms with E-state index in [1.54, 1.807) is 39.0 Å². The molecule has 0 radical (unpaired) electrons. The molecule has 7 heteroatoms. The Morgan fingerprint density at radius 1 is 1.07 bits per heavy atom. The van der Waals surface area contributed by atoms with Crippen LogP contribution in [0.25, 0.3) is 5.69 Å². The molecule has 0 unspecified atom stereocenters. The fourth-order valence-electron chi connectivity index (χ4n) is 3.72. The molecule has 3 aromatic rings. The second-order valence-corrected chi connectivity index (χ2v) is 7.16. The van der Waals surface area contributed by atoms with Gasteiger partial charge in [0.2, 0.25) is 0 Å². The number of carbonyl (C=O) groups is 1. The van der Waals surface area contributed by atoms with Crippen LogP contribution in [-0.2, 0) is 6.18 Å². The lowest BCUT2D eigenvalue weighted by Gasteiger charge is -2.23. The van der Waals surface area contributed by atoms with E-state index in [1.807, 2.05) is 6.92 Å². The number of hydrogen-bond donors (Lipinski definition) is 1. The summed E-state index contributed by atoms with van der Waals surface area (Å²) >= 11 is 0. The van der Waals surface area contributed by atoms with Crippen LogP contribution >= 0.6 is 0 Å². The predicted octanol–water partition coefficient (Wildman–Crippen LogP) is 5.79. The molecule has 0 bridgehead atoms. The second kappa shape index (κ2) is 7.89. The fourth-order valence-corrected chi connectivity index (χ4v) is 3.72. The summed E-state index contributed by atoms with van der Waals surface area (Å²) in [5.74, 6) is -0.304. The van der Waals surface area contributed by atoms with Crippen LogP contribution in [0.5, 0.6) is 5.75 Å². The summed E-state index contributed by atoms with van der Waals surface area (Å²) in [6.45, 7) is 7.28. The molecule has 3 rings (SSSR count). The van der Waals surface area contributed by atoms with E-state index in [9.17, 15) is 23.1 Å². The molecule has 30 heavy (non-hydrogen) atoms. The molecule has 1 amide bonds. The minimum Gasteiger partial charge on any atom is -0.508 e. The number of amides is 1. The lowest BCUT2D eigenvalue weighted by atomic mass is 10.1. The highest BCUT2D eigenvalue weighted by Crippen LogP contribution is 2.36. The van der Waals surface area contributed by atoms with Crippen LogP contribution in [0.15, 0.2) is 48.5 Å². The third-order valence-electron chi connectivity index (χ3n) is 5.16. The molecule has 0 spiro atoms. The molecule has 2 aromatic carbocycles. The summed E-state index contributed by atoms with van der Waals surface area (Å²) in [4.78, 5) is 14.9. The quantitative estimate of drug-likeness (QED) is 0.585. The summed E-state index contributed by atoms with van der Waals surface area (Å²) < 4.78 is 42.1. The van der Waals surface area contributed by atoms with Crippen molar-refractivity contribution in [2.75, 3.05) is 11.4 Å². The maximum absolute atomic E-state index is 13.5. The lowest BCUT2D eigenvalue weighted by molar-refractivity contribution is -0.137. The topological polar surface area (TPSA) is 45.5 Å². The van der Waals surface area contributed by atoms with Gasteiger partial charge in [-0.2, -0.15) is 13.2 Å². The van der Waals surface area contributed by atoms with Gasteiger partial charge in [-0.1, -0.05) is 18.2 Å². The first-order valence-electron chi connectivity index (χ1n) is 9.53. The van der Waals surface area contributed by atoms with Gasteiger partial charge in [0.15, 0.2) is 0 Å². The molecule has 0 aliphatic heterocycles. The van der Waals surface area contributed by atoms with Gasteiger partial charge in [-0.3, -0.25) is 4.79 Å². The average molecular weight is 416 g/mol. The first kappa shape index (κ1) is 21.5. The van der Waals surface area contributed by atoms with E-state index in [0.717, 1.165) is 11.6 Å². The standard InChI is InChI=1S/C23H23F3N2O2/c1-5-27(21-13-17(29)11-10-14(21)2)22(30)18-12-15(3)28(16(18)4)20-9-7-6-8-19(20)23(24,25)26/h6-13,29H,5H2,1-4H3. The number of hydrogen-bond acceptors (Lipinski definition) is 2. The Kier molecular flexibility index (Phi) is 5.65. The van der Waals surface area contributed by atoms with E-state index in [-0.39, 0.29) is 17.3 Å². The highest BCUT2D eigenvalue weighted by Gasteiger charge is 2.34. The molecule has 1 heterocycles. The third-order valence-corrected chi connectivity index (χ3v) is 5.16. The number of rotatable bonds is 4. The molecule has 158 valence electrons. The molecule has 0 saturated carbocycles. The number of carbonyl (C=O) groups excluding carboxylic acids is 1. The van der Waals surface area contributed by atoms with Gasteiger partial charge in [0.25, 0.3) is 5.91 Å². The van der Waals surface area contributed by atoms with Gasteiger partial charge < -0.3 is 14.6 Å². The molecule has 1 N–H and O–H groups in total. The van der Waals surface area contributed by atoms with Gasteiger partial charge in [-0.05, 0) is 57.5 Å². The fraction of sp³-hybridized carbons (Fsp3) is 0.261. The Morgan fingerprint density at radius 2 is 1.73 bits per heavy atom. The number of phenolic OH excluding ortho intramolecular Hbond substituents is 1. The van der Waals surface area contributed by atoms with Crippen molar-refractivity contribution in [3.05, 3.63) is 76.6 Å². The molecule has 0 saturated heterocycles. The van der Waals surface area contributed by atoms with Gasteiger partial charge in [-0.25, -0.2) is 0 Å². The first-order chi connectivity index (χ1) is 14.1. The zero-order chi connectivity index (χ0) is 22.2. The zero-order valence-electron chi connectivity index (χ0n) is 17.2. The summed E-state index contributed by atoms with van der Waals surface area (Å²) in [5.41, 5.74) is 1.84. The van der Waals surface area contributed by atoms with Crippen LogP contribution in [0.3, 0.4) is 0 Å². The molecule has 4 nitrogen and oxygen atoms in total. The summed E-state index contributed by atoms with van der Waals surface area (Å²) in [7, 11) is 0. The van der Waals surface area contributed by atoms with Crippen LogP contribution in [0.2, 0.25) is 0 Å². The molecule has 0 fully saturated rings. The SMILES string of the molecule is CCN(C(=O)c1cc(C)n(-c2ccccc2C(F)(F)F)c1C)c1cc(O)ccc1C. The minimum atomic E-state index is -4.52. The number of benzene rings is 2. The van der Waals surface area contributed by atoms with E-state index in [0.29, 0.717) is 29.2 Å². The van der Waals surface area contributed by atoms with Crippen LogP contribution in [0, 0.1) is 20.8 Å². The van der Waals surface area contributed by atoms with E-state index in [4.69, 9.17) is 0 Å². The number of aromatic nitrogens is 1. The molecular formula is C23H23F3N2O2. The normalized spacial score (nSPS) is 11.6. The molecule has 0 aliphatic carbocycles. The minimum absolute atomic E-state index is 0.0179. The smallest absolute Gasteiger partial charge is 0.418 e. The van der Waals surface area contributed by atoms with Crippen molar-refractivity contribution in [1.29, 1.82) is 0 Å². The molecule has 0 aliphatic rings. The van der Waals surface area contributed by atoms with Crippen LogP contribution in [0.4, 0.5) is 18.9 Å². The number of nitrogens with zero attached hydrogens (tertiary/aromatic N) is 2. The van der Waals surface area contributed by atoms with Crippen molar-refractivity contribution in [3.8, 4) is 11.4 Å². The predicted molar refractivity (Wildman–Crippen MR) is 110 cm³/mol. The molecular weight excluding hydrogens is 393 g/mol. The number of aryl methyl sites for hydroxylation is 2. The summed E-state index contributed by atoms with van der Waals surface area (Å²) in [5, 5.41) is 9.84. The average Bonchev–Trinajstić information content (AvgIpc) is 2.98. The van der Waals surface area contributed by atoms with Gasteiger partial charge in [0, 0.05) is 24.0 Å². The van der Waals surface area contributed by atoms with Gasteiger partial charge in [-0.15, -0.1) is 0 Å². The van der Waals surface area contributed by atoms with Gasteiger partial charge in [0.05, 0.1) is 22.5 Å². The van der Waals surface area contributed by atoms with Crippen molar-refractivity contribution < 1.29 is 23.1 Å². The van der Waals surface area contributed by atoms with Crippen molar-refractivity contribution >= 4 is 11.6 Å². The Morgan fingerprint density at radius 3 is 2.37 bits per heavy atom. The van der Waals surface area contributed by atoms with E-state index in [2.05, 4.69) is 0 Å². The van der Waals surface area contributed by atoms with E-state index < -0.39 is 11.7 Å². The Labute approximate surface area is 173 Å². The van der Waals surface area contributed by atoms with Crippen molar-refractivity contribution in [3.63, 3.8) is 0 Å². The number of alkyl halides is 3. The van der Waals surface area contributed by atoms with Crippen LogP contribution < -0.4 is 4.90 Å². The van der Waals surface area contributed by atoms with E-state index >= 15 is 0 Å². The number of phenols is 1. The van der Waals surface area contributed by atoms with E-state index in [1.165, 1.54) is 33.7 Å². The molecule has 1 aromatic heterocycles. The van der Waals surface area contributed by atoms with Gasteiger partial charge in [0.1, 0.15) is 5.75 Å². The maximum Gasteiger partial charge on any atom is 0.418 e. The molecule has 0 atom stereocenters. The van der Waals surface area contributed by atoms with Crippen LogP contribution in [0.1, 0.15) is 39.8 Å². The van der Waals surface area contributed by atoms with Gasteiger partial charge >= 0.3 is 6.18 Å². The summed E-state index contributed by atoms with van der Waals surface area (Å²) in [6.07, 6.45) is -4.52. The first-order valence-corrected chi connectivity index (χ1v) is 9.53.